The van der Waals surface area contributed by atoms with Gasteiger partial charge in [0.2, 0.25) is 22.1 Å². The molecular weight excluding hydrogens is 340 g/mol. The number of nitrogens with zero attached hydrogens (tertiary/aromatic N) is 5. The maximum atomic E-state index is 12.1. The van der Waals surface area contributed by atoms with E-state index in [2.05, 4.69) is 20.4 Å². The minimum atomic E-state index is -0.0208. The predicted octanol–water partition coefficient (Wildman–Crippen LogP) is 0.703. The van der Waals surface area contributed by atoms with E-state index in [0.717, 1.165) is 32.5 Å². The summed E-state index contributed by atoms with van der Waals surface area (Å²) in [5.41, 5.74) is 0. The smallest absolute Gasteiger partial charge is 0.239 e. The Morgan fingerprint density at radius 2 is 1.96 bits per heavy atom. The zero-order chi connectivity index (χ0) is 17.6. The Hall–Kier alpha value is -1.74. The lowest BCUT2D eigenvalue weighted by atomic mass is 10.1. The molecule has 1 N–H and O–H groups in total. The van der Waals surface area contributed by atoms with E-state index < -0.39 is 0 Å². The van der Waals surface area contributed by atoms with E-state index in [1.165, 1.54) is 24.2 Å². The molecular formula is C16H26N6O2S. The summed E-state index contributed by atoms with van der Waals surface area (Å²) in [6.07, 6.45) is 5.03. The van der Waals surface area contributed by atoms with Gasteiger partial charge in [-0.3, -0.25) is 14.5 Å². The number of carbonyl (C=O) groups excluding carboxylic acids is 2. The lowest BCUT2D eigenvalue weighted by Gasteiger charge is -2.23. The Bertz CT molecular complexity index is 601. The minimum absolute atomic E-state index is 0.0208. The second kappa shape index (κ2) is 8.57. The second-order valence-electron chi connectivity index (χ2n) is 6.62. The first-order valence-corrected chi connectivity index (χ1v) is 9.79. The molecule has 0 bridgehead atoms. The molecule has 0 atom stereocenters. The molecule has 1 aromatic heterocycles. The molecule has 0 unspecified atom stereocenters. The molecule has 1 aromatic rings. The molecule has 2 aliphatic rings. The SMILES string of the molecule is CN(CC(=O)NCCN1CCCC1)c1nnc(N2CCCCC2=O)s1. The van der Waals surface area contributed by atoms with Crippen LogP contribution < -0.4 is 15.1 Å². The van der Waals surface area contributed by atoms with Crippen molar-refractivity contribution >= 4 is 33.4 Å². The van der Waals surface area contributed by atoms with E-state index in [4.69, 9.17) is 0 Å². The summed E-state index contributed by atoms with van der Waals surface area (Å²) in [5.74, 6) is 0.0868. The van der Waals surface area contributed by atoms with E-state index in [9.17, 15) is 9.59 Å². The summed E-state index contributed by atoms with van der Waals surface area (Å²) in [6, 6.07) is 0. The fraction of sp³-hybridized carbons (Fsp3) is 0.750. The van der Waals surface area contributed by atoms with Gasteiger partial charge in [-0.15, -0.1) is 10.2 Å². The first-order chi connectivity index (χ1) is 12.1. The Labute approximate surface area is 152 Å². The molecule has 0 spiro atoms. The highest BCUT2D eigenvalue weighted by molar-refractivity contribution is 7.19. The van der Waals surface area contributed by atoms with Crippen molar-refractivity contribution in [1.29, 1.82) is 0 Å². The fourth-order valence-corrected chi connectivity index (χ4v) is 4.03. The third-order valence-corrected chi connectivity index (χ3v) is 5.67. The largest absolute Gasteiger partial charge is 0.353 e. The van der Waals surface area contributed by atoms with Crippen LogP contribution in [0.15, 0.2) is 0 Å². The number of aromatic nitrogens is 2. The molecule has 9 heteroatoms. The number of piperidine rings is 1. The molecule has 25 heavy (non-hydrogen) atoms. The lowest BCUT2D eigenvalue weighted by molar-refractivity contribution is -0.120. The monoisotopic (exact) mass is 366 g/mol. The van der Waals surface area contributed by atoms with Gasteiger partial charge >= 0.3 is 0 Å². The predicted molar refractivity (Wildman–Crippen MR) is 98.1 cm³/mol. The number of rotatable bonds is 7. The molecule has 2 amide bonds. The highest BCUT2D eigenvalue weighted by Gasteiger charge is 2.24. The molecule has 0 saturated carbocycles. The number of hydrogen-bond acceptors (Lipinski definition) is 7. The van der Waals surface area contributed by atoms with Crippen molar-refractivity contribution in [2.75, 3.05) is 56.1 Å². The van der Waals surface area contributed by atoms with Crippen molar-refractivity contribution in [3.05, 3.63) is 0 Å². The van der Waals surface area contributed by atoms with Gasteiger partial charge in [-0.05, 0) is 38.8 Å². The van der Waals surface area contributed by atoms with Crippen LogP contribution in [0.5, 0.6) is 0 Å². The zero-order valence-corrected chi connectivity index (χ0v) is 15.6. The van der Waals surface area contributed by atoms with Crippen LogP contribution in [0.2, 0.25) is 0 Å². The van der Waals surface area contributed by atoms with Crippen molar-refractivity contribution < 1.29 is 9.59 Å². The zero-order valence-electron chi connectivity index (χ0n) is 14.7. The van der Waals surface area contributed by atoms with Gasteiger partial charge in [0.1, 0.15) is 0 Å². The van der Waals surface area contributed by atoms with E-state index in [1.54, 1.807) is 9.80 Å². The Balaban J connectivity index is 1.45. The molecule has 2 aliphatic heterocycles. The number of anilines is 2. The highest BCUT2D eigenvalue weighted by Crippen LogP contribution is 2.28. The van der Waals surface area contributed by atoms with Crippen molar-refractivity contribution in [3.63, 3.8) is 0 Å². The van der Waals surface area contributed by atoms with E-state index in [-0.39, 0.29) is 18.4 Å². The van der Waals surface area contributed by atoms with Crippen LogP contribution in [0.3, 0.4) is 0 Å². The van der Waals surface area contributed by atoms with Crippen LogP contribution in [-0.2, 0) is 9.59 Å². The second-order valence-corrected chi connectivity index (χ2v) is 7.56. The minimum Gasteiger partial charge on any atom is -0.353 e. The van der Waals surface area contributed by atoms with Gasteiger partial charge in [0.15, 0.2) is 0 Å². The van der Waals surface area contributed by atoms with Crippen LogP contribution in [0.4, 0.5) is 10.3 Å². The van der Waals surface area contributed by atoms with Crippen molar-refractivity contribution in [3.8, 4) is 0 Å². The van der Waals surface area contributed by atoms with Gasteiger partial charge in [-0.1, -0.05) is 11.3 Å². The first-order valence-electron chi connectivity index (χ1n) is 8.97. The summed E-state index contributed by atoms with van der Waals surface area (Å²) in [7, 11) is 1.82. The van der Waals surface area contributed by atoms with Gasteiger partial charge in [0.25, 0.3) is 0 Å². The molecule has 3 rings (SSSR count). The van der Waals surface area contributed by atoms with Gasteiger partial charge in [0.05, 0.1) is 6.54 Å². The lowest BCUT2D eigenvalue weighted by Crippen LogP contribution is -2.39. The van der Waals surface area contributed by atoms with Gasteiger partial charge < -0.3 is 15.1 Å². The maximum absolute atomic E-state index is 12.1. The number of nitrogens with one attached hydrogen (secondary N) is 1. The van der Waals surface area contributed by atoms with Crippen molar-refractivity contribution in [2.45, 2.75) is 32.1 Å². The third-order valence-electron chi connectivity index (χ3n) is 4.61. The molecule has 0 aliphatic carbocycles. The molecule has 0 radical (unpaired) electrons. The van der Waals surface area contributed by atoms with E-state index in [1.807, 2.05) is 7.05 Å². The summed E-state index contributed by atoms with van der Waals surface area (Å²) >= 11 is 1.36. The van der Waals surface area contributed by atoms with Crippen molar-refractivity contribution in [1.82, 2.24) is 20.4 Å². The van der Waals surface area contributed by atoms with Crippen LogP contribution in [0, 0.1) is 0 Å². The molecule has 0 aromatic carbocycles. The molecule has 2 saturated heterocycles. The Kier molecular flexibility index (Phi) is 6.19. The molecule has 3 heterocycles. The molecule has 8 nitrogen and oxygen atoms in total. The topological polar surface area (TPSA) is 81.7 Å². The highest BCUT2D eigenvalue weighted by atomic mass is 32.1. The summed E-state index contributed by atoms with van der Waals surface area (Å²) < 4.78 is 0. The standard InChI is InChI=1S/C16H26N6O2S/c1-20(12-13(23)17-7-11-21-8-4-5-9-21)15-18-19-16(25-15)22-10-3-2-6-14(22)24/h2-12H2,1H3,(H,17,23). The summed E-state index contributed by atoms with van der Waals surface area (Å²) in [5, 5.41) is 12.5. The van der Waals surface area contributed by atoms with Crippen molar-refractivity contribution in [2.24, 2.45) is 0 Å². The van der Waals surface area contributed by atoms with Crippen LogP contribution >= 0.6 is 11.3 Å². The maximum Gasteiger partial charge on any atom is 0.239 e. The van der Waals surface area contributed by atoms with Crippen LogP contribution in [0.1, 0.15) is 32.1 Å². The average molecular weight is 366 g/mol. The number of likely N-dealkylation sites (N-methyl/N-ethyl adjacent to an activating group) is 1. The van der Waals surface area contributed by atoms with Gasteiger partial charge in [-0.25, -0.2) is 0 Å². The van der Waals surface area contributed by atoms with Crippen LogP contribution in [0.25, 0.3) is 0 Å². The van der Waals surface area contributed by atoms with Gasteiger partial charge in [0, 0.05) is 33.1 Å². The molecule has 2 fully saturated rings. The quantitative estimate of drug-likeness (QED) is 0.765. The van der Waals surface area contributed by atoms with E-state index in [0.29, 0.717) is 29.8 Å². The number of hydrogen-bond donors (Lipinski definition) is 1. The molecule has 138 valence electrons. The summed E-state index contributed by atoms with van der Waals surface area (Å²) in [6.45, 7) is 4.81. The number of amides is 2. The average Bonchev–Trinajstić information content (AvgIpc) is 3.27. The fourth-order valence-electron chi connectivity index (χ4n) is 3.18. The van der Waals surface area contributed by atoms with Gasteiger partial charge in [-0.2, -0.15) is 0 Å². The first kappa shape index (κ1) is 18.1. The Morgan fingerprint density at radius 3 is 2.72 bits per heavy atom. The number of carbonyl (C=O) groups is 2. The van der Waals surface area contributed by atoms with E-state index >= 15 is 0 Å². The normalized spacial score (nSPS) is 18.6. The third kappa shape index (κ3) is 4.88. The number of likely N-dealkylation sites (tertiary alicyclic amines) is 1. The summed E-state index contributed by atoms with van der Waals surface area (Å²) in [4.78, 5) is 29.9. The Morgan fingerprint density at radius 1 is 1.20 bits per heavy atom. The van der Waals surface area contributed by atoms with Crippen LogP contribution in [-0.4, -0.2) is 73.2 Å².